The van der Waals surface area contributed by atoms with Crippen LogP contribution in [-0.2, 0) is 28.9 Å². The first-order chi connectivity index (χ1) is 15.7. The Balaban J connectivity index is 1.73. The third kappa shape index (κ3) is 4.83. The van der Waals surface area contributed by atoms with Gasteiger partial charge < -0.3 is 24.3 Å². The van der Waals surface area contributed by atoms with Crippen LogP contribution in [0.2, 0.25) is 0 Å². The summed E-state index contributed by atoms with van der Waals surface area (Å²) in [5, 5.41) is 12.5. The van der Waals surface area contributed by atoms with Gasteiger partial charge in [-0.25, -0.2) is 9.59 Å². The number of hydrogen-bond acceptors (Lipinski definition) is 7. The van der Waals surface area contributed by atoms with Gasteiger partial charge in [-0.2, -0.15) is 11.8 Å². The minimum absolute atomic E-state index is 0.254. The molecule has 1 aromatic carbocycles. The largest absolute Gasteiger partial charge is 0.487 e. The van der Waals surface area contributed by atoms with E-state index in [1.165, 1.54) is 11.8 Å². The summed E-state index contributed by atoms with van der Waals surface area (Å²) in [6.07, 6.45) is 6.54. The van der Waals surface area contributed by atoms with Crippen LogP contribution < -0.4 is 20.4 Å². The Morgan fingerprint density at radius 2 is 1.94 bits per heavy atom. The standard InChI is InChI=1S/C24H29NO7S/c1-24(2)9-8-15-17(32-24)10-18(30-11-19(26)25-16(12-33-3)22(27)28)20-13-6-4-5-7-14(13)23(29)31-21(15)20/h10,16H,4-9,11-12H2,1-3H3,(H,25,26)(H,27,28). The first kappa shape index (κ1) is 23.5. The number of benzene rings is 1. The van der Waals surface area contributed by atoms with E-state index in [0.717, 1.165) is 42.2 Å². The van der Waals surface area contributed by atoms with Crippen molar-refractivity contribution in [3.05, 3.63) is 33.2 Å². The van der Waals surface area contributed by atoms with E-state index in [9.17, 15) is 19.5 Å². The van der Waals surface area contributed by atoms with Gasteiger partial charge in [0.15, 0.2) is 6.61 Å². The number of carboxylic acids is 1. The fourth-order valence-electron chi connectivity index (χ4n) is 4.55. The molecule has 1 amide bonds. The van der Waals surface area contributed by atoms with E-state index in [4.69, 9.17) is 13.9 Å². The number of hydrogen-bond donors (Lipinski definition) is 2. The molecule has 9 heteroatoms. The van der Waals surface area contributed by atoms with Gasteiger partial charge in [0.25, 0.3) is 5.91 Å². The Bertz CT molecular complexity index is 1150. The van der Waals surface area contributed by atoms with Crippen molar-refractivity contribution in [1.29, 1.82) is 0 Å². The maximum atomic E-state index is 12.7. The lowest BCUT2D eigenvalue weighted by atomic mass is 9.87. The molecule has 0 radical (unpaired) electrons. The van der Waals surface area contributed by atoms with Crippen molar-refractivity contribution in [1.82, 2.24) is 5.32 Å². The van der Waals surface area contributed by atoms with Gasteiger partial charge in [-0.05, 0) is 64.2 Å². The highest BCUT2D eigenvalue weighted by molar-refractivity contribution is 7.98. The van der Waals surface area contributed by atoms with Crippen LogP contribution in [0.4, 0.5) is 0 Å². The van der Waals surface area contributed by atoms with Crippen molar-refractivity contribution in [2.75, 3.05) is 18.6 Å². The van der Waals surface area contributed by atoms with Gasteiger partial charge in [0.2, 0.25) is 0 Å². The second-order valence-corrected chi connectivity index (χ2v) is 10.1. The number of thioether (sulfide) groups is 1. The van der Waals surface area contributed by atoms with Gasteiger partial charge in [0.05, 0.1) is 5.39 Å². The molecule has 2 N–H and O–H groups in total. The molecule has 1 aliphatic heterocycles. The Morgan fingerprint density at radius 1 is 1.21 bits per heavy atom. The van der Waals surface area contributed by atoms with Crippen LogP contribution in [-0.4, -0.2) is 47.2 Å². The maximum Gasteiger partial charge on any atom is 0.339 e. The van der Waals surface area contributed by atoms with Gasteiger partial charge in [-0.3, -0.25) is 4.79 Å². The van der Waals surface area contributed by atoms with Crippen molar-refractivity contribution in [2.24, 2.45) is 0 Å². The average Bonchev–Trinajstić information content (AvgIpc) is 2.76. The molecule has 0 saturated heterocycles. The average molecular weight is 476 g/mol. The zero-order valence-electron chi connectivity index (χ0n) is 19.1. The van der Waals surface area contributed by atoms with E-state index in [0.29, 0.717) is 35.5 Å². The highest BCUT2D eigenvalue weighted by atomic mass is 32.2. The number of carbonyl (C=O) groups excluding carboxylic acids is 1. The van der Waals surface area contributed by atoms with Crippen molar-refractivity contribution in [3.63, 3.8) is 0 Å². The Kier molecular flexibility index (Phi) is 6.61. The van der Waals surface area contributed by atoms with Gasteiger partial charge in [0.1, 0.15) is 28.7 Å². The minimum Gasteiger partial charge on any atom is -0.487 e. The van der Waals surface area contributed by atoms with Crippen molar-refractivity contribution in [2.45, 2.75) is 64.0 Å². The van der Waals surface area contributed by atoms with Gasteiger partial charge in [-0.1, -0.05) is 0 Å². The van der Waals surface area contributed by atoms with Gasteiger partial charge in [0, 0.05) is 22.9 Å². The predicted octanol–water partition coefficient (Wildman–Crippen LogP) is 3.09. The zero-order valence-corrected chi connectivity index (χ0v) is 19.9. The molecule has 2 aromatic rings. The van der Waals surface area contributed by atoms with E-state index in [-0.39, 0.29) is 23.6 Å². The number of amides is 1. The summed E-state index contributed by atoms with van der Waals surface area (Å²) < 4.78 is 17.9. The molecule has 1 atom stereocenters. The van der Waals surface area contributed by atoms with E-state index < -0.39 is 17.9 Å². The van der Waals surface area contributed by atoms with Crippen LogP contribution in [0.25, 0.3) is 11.0 Å². The number of carbonyl (C=O) groups is 2. The number of aryl methyl sites for hydroxylation is 2. The molecule has 0 spiro atoms. The Hall–Kier alpha value is -2.68. The normalized spacial score (nSPS) is 17.4. The number of ether oxygens (including phenoxy) is 2. The second kappa shape index (κ2) is 9.29. The van der Waals surface area contributed by atoms with Crippen LogP contribution in [0, 0.1) is 0 Å². The third-order valence-corrected chi connectivity index (χ3v) is 6.87. The molecule has 1 aromatic heterocycles. The summed E-state index contributed by atoms with van der Waals surface area (Å²) in [6, 6.07) is 0.781. The first-order valence-corrected chi connectivity index (χ1v) is 12.6. The van der Waals surface area contributed by atoms with E-state index in [2.05, 4.69) is 5.32 Å². The summed E-state index contributed by atoms with van der Waals surface area (Å²) in [7, 11) is 0. The lowest BCUT2D eigenvalue weighted by Crippen LogP contribution is -2.44. The Morgan fingerprint density at radius 3 is 2.64 bits per heavy atom. The van der Waals surface area contributed by atoms with Gasteiger partial charge in [-0.15, -0.1) is 0 Å². The lowest BCUT2D eigenvalue weighted by Gasteiger charge is -2.33. The van der Waals surface area contributed by atoms with Crippen LogP contribution in [0.1, 0.15) is 49.8 Å². The van der Waals surface area contributed by atoms with E-state index >= 15 is 0 Å². The molecule has 0 fully saturated rings. The maximum absolute atomic E-state index is 12.7. The lowest BCUT2D eigenvalue weighted by molar-refractivity contribution is -0.141. The molecule has 8 nitrogen and oxygen atoms in total. The van der Waals surface area contributed by atoms with Crippen molar-refractivity contribution >= 4 is 34.6 Å². The zero-order chi connectivity index (χ0) is 23.8. The number of rotatable bonds is 7. The predicted molar refractivity (Wildman–Crippen MR) is 126 cm³/mol. The fourth-order valence-corrected chi connectivity index (χ4v) is 5.11. The van der Waals surface area contributed by atoms with Crippen LogP contribution >= 0.6 is 11.8 Å². The molecule has 0 bridgehead atoms. The summed E-state index contributed by atoms with van der Waals surface area (Å²) in [5.74, 6) is -0.378. The van der Waals surface area contributed by atoms with Gasteiger partial charge >= 0.3 is 11.6 Å². The first-order valence-electron chi connectivity index (χ1n) is 11.2. The number of carboxylic acid groups (broad SMARTS) is 1. The number of nitrogens with one attached hydrogen (secondary N) is 1. The third-order valence-electron chi connectivity index (χ3n) is 6.21. The molecule has 2 aliphatic rings. The summed E-state index contributed by atoms with van der Waals surface area (Å²) >= 11 is 1.33. The van der Waals surface area contributed by atoms with Crippen LogP contribution in [0.5, 0.6) is 11.5 Å². The fraction of sp³-hybridized carbons (Fsp3) is 0.542. The highest BCUT2D eigenvalue weighted by Crippen LogP contribution is 2.44. The molecule has 1 aliphatic carbocycles. The quantitative estimate of drug-likeness (QED) is 0.587. The molecular formula is C24H29NO7S. The molecule has 4 rings (SSSR count). The number of aliphatic carboxylic acids is 1. The SMILES string of the molecule is CSCC(NC(=O)COc1cc2c(c3oc(=O)c4c(c13)CCCC4)CCC(C)(C)O2)C(=O)O. The van der Waals surface area contributed by atoms with E-state index in [1.807, 2.05) is 13.8 Å². The van der Waals surface area contributed by atoms with Crippen molar-refractivity contribution < 1.29 is 28.6 Å². The summed E-state index contributed by atoms with van der Waals surface area (Å²) in [6.45, 7) is 3.63. The van der Waals surface area contributed by atoms with Crippen molar-refractivity contribution in [3.8, 4) is 11.5 Å². The number of fused-ring (bicyclic) bond motifs is 5. The molecular weight excluding hydrogens is 446 g/mol. The smallest absolute Gasteiger partial charge is 0.339 e. The molecule has 33 heavy (non-hydrogen) atoms. The highest BCUT2D eigenvalue weighted by Gasteiger charge is 2.32. The Labute approximate surface area is 196 Å². The molecule has 1 unspecified atom stereocenters. The second-order valence-electron chi connectivity index (χ2n) is 9.17. The van der Waals surface area contributed by atoms with E-state index in [1.54, 1.807) is 12.3 Å². The molecule has 2 heterocycles. The monoisotopic (exact) mass is 475 g/mol. The summed E-state index contributed by atoms with van der Waals surface area (Å²) in [5.41, 5.74) is 2.20. The molecule has 178 valence electrons. The van der Waals surface area contributed by atoms with Crippen LogP contribution in [0.15, 0.2) is 15.3 Å². The summed E-state index contributed by atoms with van der Waals surface area (Å²) in [4.78, 5) is 36.6. The molecule has 0 saturated carbocycles. The minimum atomic E-state index is -1.09. The van der Waals surface area contributed by atoms with Crippen LogP contribution in [0.3, 0.4) is 0 Å². The topological polar surface area (TPSA) is 115 Å².